The van der Waals surface area contributed by atoms with Crippen molar-refractivity contribution in [2.45, 2.75) is 32.4 Å². The fraction of sp³-hybridized carbons (Fsp3) is 0.632. The van der Waals surface area contributed by atoms with E-state index in [9.17, 15) is 13.2 Å². The third-order valence-electron chi connectivity index (χ3n) is 5.69. The van der Waals surface area contributed by atoms with Gasteiger partial charge in [0.1, 0.15) is 0 Å². The Labute approximate surface area is 167 Å². The summed E-state index contributed by atoms with van der Waals surface area (Å²) in [5.41, 5.74) is 1.03. The standard InChI is InChI=1S/C19H28ClN3O3S/c1-3-23(16-8-13-27(25,26)14-16)19(24)15(2)21-9-11-22(12-10-21)18-7-5-4-6-17(18)20/h4-7,15-16H,3,8-14H2,1-2H3/t15-,16+/m0/s1. The van der Waals surface area contributed by atoms with Crippen LogP contribution in [-0.2, 0) is 14.6 Å². The van der Waals surface area contributed by atoms with Gasteiger partial charge >= 0.3 is 0 Å². The van der Waals surface area contributed by atoms with E-state index in [4.69, 9.17) is 11.6 Å². The highest BCUT2D eigenvalue weighted by Crippen LogP contribution is 2.26. The zero-order valence-electron chi connectivity index (χ0n) is 16.0. The van der Waals surface area contributed by atoms with Crippen molar-refractivity contribution in [1.29, 1.82) is 0 Å². The van der Waals surface area contributed by atoms with Gasteiger partial charge in [0.05, 0.1) is 28.3 Å². The number of para-hydroxylation sites is 1. The Balaban J connectivity index is 1.60. The van der Waals surface area contributed by atoms with Crippen LogP contribution in [0.2, 0.25) is 5.02 Å². The molecule has 2 saturated heterocycles. The molecule has 27 heavy (non-hydrogen) atoms. The molecular weight excluding hydrogens is 386 g/mol. The molecule has 6 nitrogen and oxygen atoms in total. The molecule has 0 aromatic heterocycles. The number of carbonyl (C=O) groups is 1. The highest BCUT2D eigenvalue weighted by atomic mass is 35.5. The van der Waals surface area contributed by atoms with Crippen LogP contribution in [0.5, 0.6) is 0 Å². The van der Waals surface area contributed by atoms with Crippen molar-refractivity contribution < 1.29 is 13.2 Å². The summed E-state index contributed by atoms with van der Waals surface area (Å²) < 4.78 is 23.6. The fourth-order valence-electron chi connectivity index (χ4n) is 4.07. The van der Waals surface area contributed by atoms with Crippen LogP contribution in [0.15, 0.2) is 24.3 Å². The minimum atomic E-state index is -3.00. The third-order valence-corrected chi connectivity index (χ3v) is 7.76. The quantitative estimate of drug-likeness (QED) is 0.737. The van der Waals surface area contributed by atoms with Gasteiger partial charge in [-0.25, -0.2) is 8.42 Å². The Morgan fingerprint density at radius 1 is 1.26 bits per heavy atom. The lowest BCUT2D eigenvalue weighted by atomic mass is 10.1. The topological polar surface area (TPSA) is 60.9 Å². The van der Waals surface area contributed by atoms with Gasteiger partial charge in [-0.15, -0.1) is 0 Å². The van der Waals surface area contributed by atoms with Gasteiger partial charge in [0.15, 0.2) is 9.84 Å². The molecule has 2 fully saturated rings. The number of sulfone groups is 1. The molecule has 0 saturated carbocycles. The summed E-state index contributed by atoms with van der Waals surface area (Å²) >= 11 is 6.30. The van der Waals surface area contributed by atoms with Gasteiger partial charge in [-0.3, -0.25) is 9.69 Å². The monoisotopic (exact) mass is 413 g/mol. The van der Waals surface area contributed by atoms with Gasteiger partial charge in [-0.05, 0) is 32.4 Å². The van der Waals surface area contributed by atoms with E-state index in [1.165, 1.54) is 0 Å². The molecule has 2 atom stereocenters. The molecule has 0 unspecified atom stereocenters. The largest absolute Gasteiger partial charge is 0.368 e. The first-order chi connectivity index (χ1) is 12.8. The summed E-state index contributed by atoms with van der Waals surface area (Å²) in [6.45, 7) is 7.57. The predicted molar refractivity (Wildman–Crippen MR) is 109 cm³/mol. The van der Waals surface area contributed by atoms with Crippen molar-refractivity contribution in [3.05, 3.63) is 29.3 Å². The molecule has 3 rings (SSSR count). The summed E-state index contributed by atoms with van der Waals surface area (Å²) in [7, 11) is -3.00. The number of rotatable bonds is 5. The summed E-state index contributed by atoms with van der Waals surface area (Å²) in [5.74, 6) is 0.317. The van der Waals surface area contributed by atoms with Gasteiger partial charge < -0.3 is 9.80 Å². The molecular formula is C19H28ClN3O3S. The van der Waals surface area contributed by atoms with Crippen LogP contribution in [0.4, 0.5) is 5.69 Å². The van der Waals surface area contributed by atoms with Crippen LogP contribution >= 0.6 is 11.6 Å². The van der Waals surface area contributed by atoms with Crippen molar-refractivity contribution >= 4 is 33.0 Å². The van der Waals surface area contributed by atoms with Crippen LogP contribution in [0.25, 0.3) is 0 Å². The lowest BCUT2D eigenvalue weighted by Crippen LogP contribution is -2.56. The normalized spacial score (nSPS) is 24.0. The second-order valence-corrected chi connectivity index (χ2v) is 9.97. The van der Waals surface area contributed by atoms with Crippen molar-refractivity contribution in [3.63, 3.8) is 0 Å². The van der Waals surface area contributed by atoms with Crippen LogP contribution < -0.4 is 4.90 Å². The molecule has 2 aliphatic rings. The molecule has 0 aliphatic carbocycles. The maximum atomic E-state index is 13.0. The second kappa shape index (κ2) is 8.37. The predicted octanol–water partition coefficient (Wildman–Crippen LogP) is 1.89. The Hall–Kier alpha value is -1.31. The molecule has 0 bridgehead atoms. The summed E-state index contributed by atoms with van der Waals surface area (Å²) in [6, 6.07) is 7.39. The maximum Gasteiger partial charge on any atom is 0.239 e. The number of likely N-dealkylation sites (N-methyl/N-ethyl adjacent to an activating group) is 1. The van der Waals surface area contributed by atoms with E-state index >= 15 is 0 Å². The van der Waals surface area contributed by atoms with E-state index in [2.05, 4.69) is 9.80 Å². The number of carbonyl (C=O) groups excluding carboxylic acids is 1. The average Bonchev–Trinajstić information content (AvgIpc) is 3.01. The summed E-state index contributed by atoms with van der Waals surface area (Å²) in [6.07, 6.45) is 0.551. The Kier molecular flexibility index (Phi) is 6.33. The molecule has 8 heteroatoms. The summed E-state index contributed by atoms with van der Waals surface area (Å²) in [5, 5.41) is 0.745. The van der Waals surface area contributed by atoms with Gasteiger partial charge in [0.2, 0.25) is 5.91 Å². The first kappa shape index (κ1) is 20.4. The highest BCUT2D eigenvalue weighted by molar-refractivity contribution is 7.91. The van der Waals surface area contributed by atoms with Gasteiger partial charge in [0.25, 0.3) is 0 Å². The van der Waals surface area contributed by atoms with E-state index in [0.717, 1.165) is 36.9 Å². The molecule has 0 spiro atoms. The minimum absolute atomic E-state index is 0.0331. The molecule has 0 radical (unpaired) electrons. The maximum absolute atomic E-state index is 13.0. The SMILES string of the molecule is CCN(C(=O)[C@H](C)N1CCN(c2ccccc2Cl)CC1)[C@@H]1CCS(=O)(=O)C1. The Morgan fingerprint density at radius 2 is 1.93 bits per heavy atom. The van der Waals surface area contributed by atoms with Crippen LogP contribution in [-0.4, -0.2) is 80.4 Å². The van der Waals surface area contributed by atoms with E-state index in [-0.39, 0.29) is 29.5 Å². The number of piperazine rings is 1. The first-order valence-electron chi connectivity index (χ1n) is 9.57. The van der Waals surface area contributed by atoms with Gasteiger partial charge in [-0.2, -0.15) is 0 Å². The fourth-order valence-corrected chi connectivity index (χ4v) is 6.06. The molecule has 1 aromatic rings. The van der Waals surface area contributed by atoms with Gasteiger partial charge in [0, 0.05) is 38.8 Å². The molecule has 2 aliphatic heterocycles. The smallest absolute Gasteiger partial charge is 0.239 e. The van der Waals surface area contributed by atoms with Crippen LogP contribution in [0, 0.1) is 0 Å². The molecule has 0 N–H and O–H groups in total. The van der Waals surface area contributed by atoms with E-state index in [0.29, 0.717) is 13.0 Å². The summed E-state index contributed by atoms with van der Waals surface area (Å²) in [4.78, 5) is 19.2. The highest BCUT2D eigenvalue weighted by Gasteiger charge is 2.37. The molecule has 1 aromatic carbocycles. The number of amides is 1. The number of nitrogens with zero attached hydrogens (tertiary/aromatic N) is 3. The first-order valence-corrected chi connectivity index (χ1v) is 11.8. The average molecular weight is 414 g/mol. The second-order valence-electron chi connectivity index (χ2n) is 7.33. The Bertz CT molecular complexity index is 778. The Morgan fingerprint density at radius 3 is 2.48 bits per heavy atom. The van der Waals surface area contributed by atoms with Crippen molar-refractivity contribution in [2.24, 2.45) is 0 Å². The minimum Gasteiger partial charge on any atom is -0.368 e. The number of halogens is 1. The number of hydrogen-bond donors (Lipinski definition) is 0. The van der Waals surface area contributed by atoms with Crippen LogP contribution in [0.3, 0.4) is 0 Å². The van der Waals surface area contributed by atoms with E-state index in [1.54, 1.807) is 4.90 Å². The molecule has 150 valence electrons. The van der Waals surface area contributed by atoms with Gasteiger partial charge in [-0.1, -0.05) is 23.7 Å². The van der Waals surface area contributed by atoms with Crippen molar-refractivity contribution in [2.75, 3.05) is 49.1 Å². The molecule has 2 heterocycles. The van der Waals surface area contributed by atoms with Crippen LogP contribution in [0.1, 0.15) is 20.3 Å². The zero-order valence-corrected chi connectivity index (χ0v) is 17.5. The third kappa shape index (κ3) is 4.58. The van der Waals surface area contributed by atoms with Crippen molar-refractivity contribution in [3.8, 4) is 0 Å². The lowest BCUT2D eigenvalue weighted by molar-refractivity contribution is -0.138. The van der Waals surface area contributed by atoms with E-state index < -0.39 is 9.84 Å². The number of anilines is 1. The van der Waals surface area contributed by atoms with E-state index in [1.807, 2.05) is 38.1 Å². The zero-order chi connectivity index (χ0) is 19.6. The molecule has 1 amide bonds. The number of hydrogen-bond acceptors (Lipinski definition) is 5. The number of benzene rings is 1. The van der Waals surface area contributed by atoms with Crippen molar-refractivity contribution in [1.82, 2.24) is 9.80 Å². The lowest BCUT2D eigenvalue weighted by Gasteiger charge is -2.40.